The number of benzene rings is 1. The van der Waals surface area contributed by atoms with Gasteiger partial charge in [-0.05, 0) is 24.1 Å². The molecule has 0 aliphatic rings. The average Bonchev–Trinajstić information content (AvgIpc) is 2.47. The summed E-state index contributed by atoms with van der Waals surface area (Å²) in [6.45, 7) is 1.84. The molecule has 2 N–H and O–H groups in total. The Labute approximate surface area is 137 Å². The normalized spacial score (nSPS) is 12.4. The van der Waals surface area contributed by atoms with Crippen molar-refractivity contribution in [1.29, 1.82) is 0 Å². The van der Waals surface area contributed by atoms with E-state index in [1.165, 1.54) is 43.1 Å². The third-order valence-corrected chi connectivity index (χ3v) is 3.16. The van der Waals surface area contributed by atoms with Crippen LogP contribution in [0.1, 0.15) is 12.5 Å². The number of hydrogen-bond donors (Lipinski definition) is 2. The zero-order chi connectivity index (χ0) is 18.3. The van der Waals surface area contributed by atoms with Crippen LogP contribution < -0.4 is 10.1 Å². The molecule has 1 aromatic carbocycles. The molecule has 0 aliphatic carbocycles. The van der Waals surface area contributed by atoms with E-state index in [0.29, 0.717) is 6.42 Å². The van der Waals surface area contributed by atoms with Crippen molar-refractivity contribution < 1.29 is 32.6 Å². The van der Waals surface area contributed by atoms with Gasteiger partial charge in [-0.3, -0.25) is 4.79 Å². The van der Waals surface area contributed by atoms with Crippen molar-refractivity contribution >= 4 is 12.0 Å². The van der Waals surface area contributed by atoms with Gasteiger partial charge < -0.3 is 20.1 Å². The highest BCUT2D eigenvalue weighted by atomic mass is 19.4. The third-order valence-electron chi connectivity index (χ3n) is 3.16. The molecule has 0 fully saturated rings. The fourth-order valence-corrected chi connectivity index (χ4v) is 1.88. The number of amides is 2. The highest BCUT2D eigenvalue weighted by Gasteiger charge is 2.30. The van der Waals surface area contributed by atoms with Crippen molar-refractivity contribution in [3.05, 3.63) is 29.8 Å². The number of ether oxygens (including phenoxy) is 1. The second-order valence-electron chi connectivity index (χ2n) is 5.29. The summed E-state index contributed by atoms with van der Waals surface area (Å²) in [7, 11) is 1.48. The number of carbonyl (C=O) groups is 2. The molecule has 0 radical (unpaired) electrons. The molecule has 24 heavy (non-hydrogen) atoms. The zero-order valence-corrected chi connectivity index (χ0v) is 13.3. The number of carboxylic acids is 1. The van der Waals surface area contributed by atoms with Gasteiger partial charge in [-0.25, -0.2) is 4.79 Å². The van der Waals surface area contributed by atoms with E-state index in [1.54, 1.807) is 0 Å². The maximum absolute atomic E-state index is 12.0. The number of carboxylic acid groups (broad SMARTS) is 1. The van der Waals surface area contributed by atoms with E-state index >= 15 is 0 Å². The van der Waals surface area contributed by atoms with Crippen LogP contribution in [-0.4, -0.2) is 48.5 Å². The van der Waals surface area contributed by atoms with E-state index < -0.39 is 24.3 Å². The topological polar surface area (TPSA) is 78.9 Å². The van der Waals surface area contributed by atoms with E-state index in [4.69, 9.17) is 5.11 Å². The Morgan fingerprint density at radius 2 is 1.88 bits per heavy atom. The standard InChI is InChI=1S/C15H19F3N2O4/c1-10(13(21)22)9-20(2)14(23)19-8-7-11-3-5-12(6-4-11)24-15(16,17)18/h3-6,10H,7-9H2,1-2H3,(H,19,23)(H,21,22). The summed E-state index contributed by atoms with van der Waals surface area (Å²) in [5.41, 5.74) is 0.728. The molecule has 0 bridgehead atoms. The molecule has 0 saturated carbocycles. The van der Waals surface area contributed by atoms with Crippen LogP contribution in [0.5, 0.6) is 5.75 Å². The first kappa shape index (κ1) is 19.6. The second kappa shape index (κ2) is 8.42. The molecule has 6 nitrogen and oxygen atoms in total. The van der Waals surface area contributed by atoms with Gasteiger partial charge >= 0.3 is 18.4 Å². The lowest BCUT2D eigenvalue weighted by Crippen LogP contribution is -2.41. The Balaban J connectivity index is 2.39. The number of carbonyl (C=O) groups excluding carboxylic acids is 1. The summed E-state index contributed by atoms with van der Waals surface area (Å²) in [6.07, 6.45) is -4.31. The average molecular weight is 348 g/mol. The summed E-state index contributed by atoms with van der Waals surface area (Å²) >= 11 is 0. The predicted molar refractivity (Wildman–Crippen MR) is 79.7 cm³/mol. The first-order valence-corrected chi connectivity index (χ1v) is 7.15. The molecular formula is C15H19F3N2O4. The molecule has 0 spiro atoms. The van der Waals surface area contributed by atoms with Gasteiger partial charge in [-0.15, -0.1) is 13.2 Å². The van der Waals surface area contributed by atoms with Gasteiger partial charge in [0.25, 0.3) is 0 Å². The Hall–Kier alpha value is -2.45. The van der Waals surface area contributed by atoms with Crippen molar-refractivity contribution in [3.63, 3.8) is 0 Å². The molecule has 1 aromatic rings. The SMILES string of the molecule is CC(CN(C)C(=O)NCCc1ccc(OC(F)(F)F)cc1)C(=O)O. The van der Waals surface area contributed by atoms with Gasteiger partial charge in [0.1, 0.15) is 5.75 Å². The van der Waals surface area contributed by atoms with Crippen LogP contribution >= 0.6 is 0 Å². The van der Waals surface area contributed by atoms with Crippen molar-refractivity contribution in [1.82, 2.24) is 10.2 Å². The van der Waals surface area contributed by atoms with Gasteiger partial charge in [-0.1, -0.05) is 19.1 Å². The van der Waals surface area contributed by atoms with Crippen LogP contribution in [0.3, 0.4) is 0 Å². The third kappa shape index (κ3) is 7.21. The monoisotopic (exact) mass is 348 g/mol. The second-order valence-corrected chi connectivity index (χ2v) is 5.29. The fourth-order valence-electron chi connectivity index (χ4n) is 1.88. The number of hydrogen-bond acceptors (Lipinski definition) is 3. The van der Waals surface area contributed by atoms with Crippen molar-refractivity contribution in [3.8, 4) is 5.75 Å². The Morgan fingerprint density at radius 3 is 2.38 bits per heavy atom. The van der Waals surface area contributed by atoms with E-state index in [2.05, 4.69) is 10.1 Å². The van der Waals surface area contributed by atoms with E-state index in [9.17, 15) is 22.8 Å². The lowest BCUT2D eigenvalue weighted by atomic mass is 10.1. The van der Waals surface area contributed by atoms with Gasteiger partial charge in [-0.2, -0.15) is 0 Å². The maximum Gasteiger partial charge on any atom is 0.573 e. The zero-order valence-electron chi connectivity index (χ0n) is 13.3. The highest BCUT2D eigenvalue weighted by molar-refractivity contribution is 5.75. The van der Waals surface area contributed by atoms with Gasteiger partial charge in [0.05, 0.1) is 5.92 Å². The number of urea groups is 1. The lowest BCUT2D eigenvalue weighted by Gasteiger charge is -2.20. The minimum Gasteiger partial charge on any atom is -0.481 e. The van der Waals surface area contributed by atoms with Crippen LogP contribution in [0.15, 0.2) is 24.3 Å². The van der Waals surface area contributed by atoms with Gasteiger partial charge in [0.15, 0.2) is 0 Å². The van der Waals surface area contributed by atoms with Crippen LogP contribution in [0, 0.1) is 5.92 Å². The Kier molecular flexibility index (Phi) is 6.87. The summed E-state index contributed by atoms with van der Waals surface area (Å²) < 4.78 is 39.9. The Morgan fingerprint density at radius 1 is 1.29 bits per heavy atom. The molecule has 134 valence electrons. The maximum atomic E-state index is 12.0. The molecule has 0 heterocycles. The molecule has 1 rings (SSSR count). The minimum absolute atomic E-state index is 0.0741. The van der Waals surface area contributed by atoms with E-state index in [-0.39, 0.29) is 18.8 Å². The molecule has 1 atom stereocenters. The minimum atomic E-state index is -4.73. The molecule has 0 saturated heterocycles. The van der Waals surface area contributed by atoms with Crippen molar-refractivity contribution in [2.45, 2.75) is 19.7 Å². The first-order valence-electron chi connectivity index (χ1n) is 7.15. The fraction of sp³-hybridized carbons (Fsp3) is 0.467. The van der Waals surface area contributed by atoms with Gasteiger partial charge in [0.2, 0.25) is 0 Å². The Bertz CT molecular complexity index is 561. The molecule has 2 amide bonds. The van der Waals surface area contributed by atoms with Crippen LogP contribution in [0.4, 0.5) is 18.0 Å². The quantitative estimate of drug-likeness (QED) is 0.793. The highest BCUT2D eigenvalue weighted by Crippen LogP contribution is 2.22. The van der Waals surface area contributed by atoms with Crippen molar-refractivity contribution in [2.24, 2.45) is 5.92 Å². The number of nitrogens with one attached hydrogen (secondary N) is 1. The number of aliphatic carboxylic acids is 1. The van der Waals surface area contributed by atoms with E-state index in [0.717, 1.165) is 5.56 Å². The number of nitrogens with zero attached hydrogens (tertiary/aromatic N) is 1. The molecule has 0 aromatic heterocycles. The molecule has 0 aliphatic heterocycles. The smallest absolute Gasteiger partial charge is 0.481 e. The van der Waals surface area contributed by atoms with Crippen LogP contribution in [-0.2, 0) is 11.2 Å². The largest absolute Gasteiger partial charge is 0.573 e. The molecule has 1 unspecified atom stereocenters. The summed E-state index contributed by atoms with van der Waals surface area (Å²) in [6, 6.07) is 4.93. The molecule has 9 heteroatoms. The summed E-state index contributed by atoms with van der Waals surface area (Å²) in [5, 5.41) is 11.4. The van der Waals surface area contributed by atoms with Crippen LogP contribution in [0.2, 0.25) is 0 Å². The summed E-state index contributed by atoms with van der Waals surface area (Å²) in [4.78, 5) is 23.8. The van der Waals surface area contributed by atoms with Crippen LogP contribution in [0.25, 0.3) is 0 Å². The lowest BCUT2D eigenvalue weighted by molar-refractivity contribution is -0.274. The number of halogens is 3. The molecular weight excluding hydrogens is 329 g/mol. The number of alkyl halides is 3. The first-order chi connectivity index (χ1) is 11.1. The van der Waals surface area contributed by atoms with Crippen molar-refractivity contribution in [2.75, 3.05) is 20.1 Å². The number of rotatable bonds is 7. The predicted octanol–water partition coefficient (Wildman–Crippen LogP) is 2.49. The van der Waals surface area contributed by atoms with Gasteiger partial charge in [0, 0.05) is 20.1 Å². The summed E-state index contributed by atoms with van der Waals surface area (Å²) in [5.74, 6) is -1.98. The van der Waals surface area contributed by atoms with E-state index in [1.807, 2.05) is 0 Å².